The predicted octanol–water partition coefficient (Wildman–Crippen LogP) is -0.370. The normalized spacial score (nSPS) is 11.4. The van der Waals surface area contributed by atoms with Gasteiger partial charge in [0.2, 0.25) is 5.88 Å². The molecular weight excluding hydrogens is 288 g/mol. The largest absolute Gasteiger partial charge is 0.494 e. The molecule has 0 atom stereocenters. The van der Waals surface area contributed by atoms with E-state index in [9.17, 15) is 23.1 Å². The van der Waals surface area contributed by atoms with Crippen LogP contribution in [0.15, 0.2) is 4.79 Å². The molecular formula is C11H16N2O6S. The second-order valence-corrected chi connectivity index (χ2v) is 5.61. The van der Waals surface area contributed by atoms with Crippen molar-refractivity contribution in [2.45, 2.75) is 26.1 Å². The maximum Gasteiger partial charge on any atom is 0.269 e. The first-order chi connectivity index (χ1) is 9.14. The Balaban J connectivity index is 3.77. The Morgan fingerprint density at radius 2 is 1.95 bits per heavy atom. The maximum absolute atomic E-state index is 12.1. The van der Waals surface area contributed by atoms with Crippen LogP contribution in [-0.2, 0) is 22.4 Å². The molecule has 0 fully saturated rings. The highest BCUT2D eigenvalue weighted by Crippen LogP contribution is 2.22. The van der Waals surface area contributed by atoms with Crippen molar-refractivity contribution in [2.24, 2.45) is 0 Å². The first-order valence-electron chi connectivity index (χ1n) is 5.76. The molecule has 8 nitrogen and oxygen atoms in total. The molecule has 1 amide bonds. The third-order valence-electron chi connectivity index (χ3n) is 2.91. The van der Waals surface area contributed by atoms with Gasteiger partial charge in [-0.25, -0.2) is 0 Å². The molecule has 1 heterocycles. The number of pyridine rings is 1. The summed E-state index contributed by atoms with van der Waals surface area (Å²) in [5.74, 6) is -2.10. The van der Waals surface area contributed by atoms with Crippen LogP contribution in [0.5, 0.6) is 5.88 Å². The molecule has 0 aliphatic rings. The summed E-state index contributed by atoms with van der Waals surface area (Å²) in [5, 5.41) is 12.3. The van der Waals surface area contributed by atoms with Crippen molar-refractivity contribution in [1.82, 2.24) is 9.88 Å². The molecule has 0 spiro atoms. The number of hydrogen-bond donors (Lipinski definition) is 3. The lowest BCUT2D eigenvalue weighted by Crippen LogP contribution is -2.30. The van der Waals surface area contributed by atoms with Gasteiger partial charge in [0, 0.05) is 19.2 Å². The Bertz CT molecular complexity index is 705. The van der Waals surface area contributed by atoms with Gasteiger partial charge in [-0.1, -0.05) is 0 Å². The van der Waals surface area contributed by atoms with Crippen LogP contribution >= 0.6 is 0 Å². The van der Waals surface area contributed by atoms with E-state index in [0.717, 1.165) is 4.57 Å². The molecule has 0 aliphatic carbocycles. The molecule has 0 bridgehead atoms. The van der Waals surface area contributed by atoms with E-state index < -0.39 is 33.2 Å². The Morgan fingerprint density at radius 1 is 1.40 bits per heavy atom. The molecule has 20 heavy (non-hydrogen) atoms. The van der Waals surface area contributed by atoms with Crippen LogP contribution in [0.4, 0.5) is 0 Å². The van der Waals surface area contributed by atoms with E-state index in [1.807, 2.05) is 0 Å². The summed E-state index contributed by atoms with van der Waals surface area (Å²) >= 11 is 0. The summed E-state index contributed by atoms with van der Waals surface area (Å²) in [6.07, 6.45) is 0. The fourth-order valence-electron chi connectivity index (χ4n) is 1.92. The number of amides is 1. The first-order valence-corrected chi connectivity index (χ1v) is 7.37. The molecule has 9 heteroatoms. The van der Waals surface area contributed by atoms with E-state index in [-0.39, 0.29) is 23.2 Å². The Hall–Kier alpha value is -1.87. The van der Waals surface area contributed by atoms with Crippen LogP contribution in [0.2, 0.25) is 0 Å². The lowest BCUT2D eigenvalue weighted by Gasteiger charge is -2.15. The molecule has 0 unspecified atom stereocenters. The van der Waals surface area contributed by atoms with E-state index in [4.69, 9.17) is 4.55 Å². The van der Waals surface area contributed by atoms with Crippen LogP contribution in [0, 0.1) is 6.92 Å². The average molecular weight is 304 g/mol. The van der Waals surface area contributed by atoms with Crippen molar-refractivity contribution in [3.05, 3.63) is 27.0 Å². The van der Waals surface area contributed by atoms with Gasteiger partial charge in [-0.15, -0.1) is 0 Å². The summed E-state index contributed by atoms with van der Waals surface area (Å²) < 4.78 is 31.7. The summed E-state index contributed by atoms with van der Waals surface area (Å²) in [5.41, 5.74) is -1.17. The van der Waals surface area contributed by atoms with Gasteiger partial charge in [0.1, 0.15) is 11.3 Å². The van der Waals surface area contributed by atoms with Crippen LogP contribution in [0.1, 0.15) is 28.4 Å². The second kappa shape index (κ2) is 5.63. The van der Waals surface area contributed by atoms with Crippen molar-refractivity contribution in [1.29, 1.82) is 0 Å². The van der Waals surface area contributed by atoms with Gasteiger partial charge in [0.15, 0.2) is 0 Å². The average Bonchev–Trinajstić information content (AvgIpc) is 2.34. The van der Waals surface area contributed by atoms with Crippen LogP contribution in [-0.4, -0.2) is 35.6 Å². The quantitative estimate of drug-likeness (QED) is 0.652. The summed E-state index contributed by atoms with van der Waals surface area (Å²) in [6.45, 7) is 2.95. The molecule has 0 aliphatic heterocycles. The SMILES string of the molecule is CCn1c(O)c(C(=O)NC)c(C)c(CS(=O)(=O)O)c1=O. The van der Waals surface area contributed by atoms with Gasteiger partial charge in [0.05, 0.1) is 0 Å². The molecule has 1 aromatic rings. The molecule has 0 saturated heterocycles. The number of carbonyl (C=O) groups excluding carboxylic acids is 1. The topological polar surface area (TPSA) is 126 Å². The molecule has 0 aromatic carbocycles. The molecule has 0 saturated carbocycles. The third kappa shape index (κ3) is 2.99. The summed E-state index contributed by atoms with van der Waals surface area (Å²) in [6, 6.07) is 0. The highest BCUT2D eigenvalue weighted by Gasteiger charge is 2.24. The fraction of sp³-hybridized carbons (Fsp3) is 0.455. The first kappa shape index (κ1) is 16.2. The zero-order valence-electron chi connectivity index (χ0n) is 11.3. The van der Waals surface area contributed by atoms with E-state index >= 15 is 0 Å². The highest BCUT2D eigenvalue weighted by molar-refractivity contribution is 7.85. The maximum atomic E-state index is 12.1. The van der Waals surface area contributed by atoms with Crippen LogP contribution in [0.25, 0.3) is 0 Å². The minimum atomic E-state index is -4.44. The van der Waals surface area contributed by atoms with E-state index in [1.165, 1.54) is 14.0 Å². The van der Waals surface area contributed by atoms with E-state index in [0.29, 0.717) is 0 Å². The van der Waals surface area contributed by atoms with Crippen LogP contribution < -0.4 is 10.9 Å². The van der Waals surface area contributed by atoms with Crippen molar-refractivity contribution in [3.63, 3.8) is 0 Å². The molecule has 1 aromatic heterocycles. The monoisotopic (exact) mass is 304 g/mol. The second-order valence-electron chi connectivity index (χ2n) is 4.16. The number of carbonyl (C=O) groups is 1. The lowest BCUT2D eigenvalue weighted by atomic mass is 10.0. The van der Waals surface area contributed by atoms with Crippen molar-refractivity contribution in [2.75, 3.05) is 7.05 Å². The standard InChI is InChI=1S/C11H16N2O6S/c1-4-13-10(15)7(5-20(17,18)19)6(2)8(11(13)16)9(14)12-3/h16H,4-5H2,1-3H3,(H,12,14)(H,17,18,19). The molecule has 1 rings (SSSR count). The fourth-order valence-corrected chi connectivity index (χ4v) is 2.62. The highest BCUT2D eigenvalue weighted by atomic mass is 32.2. The summed E-state index contributed by atoms with van der Waals surface area (Å²) in [7, 11) is -3.10. The zero-order chi connectivity index (χ0) is 15.7. The number of aromatic hydroxyl groups is 1. The number of hydrogen-bond acceptors (Lipinski definition) is 5. The van der Waals surface area contributed by atoms with Gasteiger partial charge in [-0.2, -0.15) is 8.42 Å². The number of aromatic nitrogens is 1. The van der Waals surface area contributed by atoms with E-state index in [2.05, 4.69) is 5.32 Å². The number of nitrogens with zero attached hydrogens (tertiary/aromatic N) is 1. The van der Waals surface area contributed by atoms with Gasteiger partial charge in [-0.05, 0) is 19.4 Å². The third-order valence-corrected chi connectivity index (χ3v) is 3.56. The van der Waals surface area contributed by atoms with Crippen LogP contribution in [0.3, 0.4) is 0 Å². The molecule has 3 N–H and O–H groups in total. The van der Waals surface area contributed by atoms with E-state index in [1.54, 1.807) is 6.92 Å². The Kier molecular flexibility index (Phi) is 4.56. The van der Waals surface area contributed by atoms with Gasteiger partial charge >= 0.3 is 0 Å². The molecule has 0 radical (unpaired) electrons. The minimum absolute atomic E-state index is 0.0224. The smallest absolute Gasteiger partial charge is 0.269 e. The van der Waals surface area contributed by atoms with Crippen molar-refractivity contribution < 1.29 is 22.9 Å². The predicted molar refractivity (Wildman–Crippen MR) is 71.4 cm³/mol. The van der Waals surface area contributed by atoms with Gasteiger partial charge < -0.3 is 10.4 Å². The Labute approximate surface area is 115 Å². The summed E-state index contributed by atoms with van der Waals surface area (Å²) in [4.78, 5) is 23.8. The zero-order valence-corrected chi connectivity index (χ0v) is 12.1. The van der Waals surface area contributed by atoms with Crippen molar-refractivity contribution >= 4 is 16.0 Å². The Morgan fingerprint density at radius 3 is 2.35 bits per heavy atom. The van der Waals surface area contributed by atoms with Gasteiger partial charge in [-0.3, -0.25) is 18.7 Å². The van der Waals surface area contributed by atoms with Crippen molar-refractivity contribution in [3.8, 4) is 5.88 Å². The minimum Gasteiger partial charge on any atom is -0.494 e. The molecule has 112 valence electrons. The lowest BCUT2D eigenvalue weighted by molar-refractivity contribution is 0.0958. The number of nitrogens with one attached hydrogen (secondary N) is 1. The number of rotatable bonds is 4. The van der Waals surface area contributed by atoms with Gasteiger partial charge in [0.25, 0.3) is 21.6 Å².